The molecule has 3 aliphatic rings. The molecule has 0 radical (unpaired) electrons. The molecule has 3 N–H and O–H groups in total. The van der Waals surface area contributed by atoms with Crippen LogP contribution in [0.1, 0.15) is 60.3 Å². The Hall–Kier alpha value is -4.11. The smallest absolute Gasteiger partial charge is 0.249 e. The van der Waals surface area contributed by atoms with Crippen molar-refractivity contribution in [3.63, 3.8) is 0 Å². The third kappa shape index (κ3) is 3.10. The number of anilines is 1. The molecule has 1 amide bonds. The van der Waals surface area contributed by atoms with E-state index >= 15 is 0 Å². The molecule has 0 aliphatic carbocycles. The van der Waals surface area contributed by atoms with Crippen LogP contribution in [0.15, 0.2) is 57.6 Å². The van der Waals surface area contributed by atoms with E-state index in [1.54, 1.807) is 0 Å². The number of hydrogen-bond acceptors (Lipinski definition) is 8. The van der Waals surface area contributed by atoms with E-state index in [0.29, 0.717) is 35.9 Å². The second-order valence-electron chi connectivity index (χ2n) is 10.1. The summed E-state index contributed by atoms with van der Waals surface area (Å²) in [6, 6.07) is 13.7. The van der Waals surface area contributed by atoms with Gasteiger partial charge >= 0.3 is 0 Å². The number of hydrogen-bond donors (Lipinski definition) is 3. The van der Waals surface area contributed by atoms with Crippen molar-refractivity contribution in [2.24, 2.45) is 5.92 Å². The molecule has 0 saturated heterocycles. The Morgan fingerprint density at radius 1 is 1.11 bits per heavy atom. The average Bonchev–Trinajstić information content (AvgIpc) is 3.65. The fourth-order valence-electron chi connectivity index (χ4n) is 5.77. The molecule has 9 nitrogen and oxygen atoms in total. The zero-order valence-electron chi connectivity index (χ0n) is 20.4. The fourth-order valence-corrected chi connectivity index (χ4v) is 5.77. The van der Waals surface area contributed by atoms with E-state index in [9.17, 15) is 9.90 Å². The number of aliphatic hydroxyl groups excluding tert-OH is 1. The van der Waals surface area contributed by atoms with E-state index in [4.69, 9.17) is 18.6 Å². The number of rotatable bonds is 3. The summed E-state index contributed by atoms with van der Waals surface area (Å²) in [5, 5.41) is 16.3. The van der Waals surface area contributed by atoms with Gasteiger partial charge in [-0.05, 0) is 35.6 Å². The molecule has 4 bridgehead atoms. The van der Waals surface area contributed by atoms with Crippen LogP contribution in [0.3, 0.4) is 0 Å². The molecule has 0 fully saturated rings. The van der Waals surface area contributed by atoms with E-state index in [0.717, 1.165) is 28.1 Å². The summed E-state index contributed by atoms with van der Waals surface area (Å²) in [6.45, 7) is 3.77. The van der Waals surface area contributed by atoms with Crippen LogP contribution < -0.4 is 15.4 Å². The van der Waals surface area contributed by atoms with E-state index in [1.807, 2.05) is 44.2 Å². The van der Waals surface area contributed by atoms with Gasteiger partial charge in [0.15, 0.2) is 17.7 Å². The summed E-state index contributed by atoms with van der Waals surface area (Å²) in [7, 11) is 0. The van der Waals surface area contributed by atoms with Gasteiger partial charge in [-0.2, -0.15) is 0 Å². The molecule has 1 spiro atoms. The molecule has 3 aliphatic heterocycles. The first kappa shape index (κ1) is 22.1. The molecular formula is C28H26N4O5. The van der Waals surface area contributed by atoms with Gasteiger partial charge in [-0.15, -0.1) is 0 Å². The molecular weight excluding hydrogens is 472 g/mol. The third-order valence-corrected chi connectivity index (χ3v) is 7.55. The lowest BCUT2D eigenvalue weighted by Gasteiger charge is -2.27. The number of carbonyl (C=O) groups excluding carboxylic acids is 1. The summed E-state index contributed by atoms with van der Waals surface area (Å²) in [4.78, 5) is 22.3. The lowest BCUT2D eigenvalue weighted by molar-refractivity contribution is -0.122. The number of aryl methyl sites for hydroxylation is 1. The maximum Gasteiger partial charge on any atom is 0.249 e. The van der Waals surface area contributed by atoms with E-state index in [-0.39, 0.29) is 24.3 Å². The largest absolute Gasteiger partial charge is 0.469 e. The van der Waals surface area contributed by atoms with Crippen LogP contribution in [0.5, 0.6) is 5.75 Å². The number of aliphatic hydroxyl groups is 1. The highest BCUT2D eigenvalue weighted by molar-refractivity contribution is 5.78. The highest BCUT2D eigenvalue weighted by Gasteiger charge is 2.61. The number of oxazole rings is 2. The molecule has 2 aromatic heterocycles. The summed E-state index contributed by atoms with van der Waals surface area (Å²) < 4.78 is 19.0. The standard InChI is InChI=1S/C28H26N4O5/c1-14(2)22-26-32-23(25-29-16(12-33)13-35-25)24(37-26)28-17-5-3-4-6-19(17)30-27(28)36-20-9-7-15(11-18(20)28)8-10-21(34)31-22/h3-7,9,11,13-14,22,27,30,33H,8,10,12H2,1-2H3,(H,31,34)/t22?,27?,28-/m0/s1. The van der Waals surface area contributed by atoms with Crippen molar-refractivity contribution in [3.8, 4) is 17.3 Å². The lowest BCUT2D eigenvalue weighted by Crippen LogP contribution is -2.40. The number of aromatic nitrogens is 2. The summed E-state index contributed by atoms with van der Waals surface area (Å²) >= 11 is 0. The number of nitrogens with zero attached hydrogens (tertiary/aromatic N) is 2. The Labute approximate surface area is 212 Å². The lowest BCUT2D eigenvalue weighted by atomic mass is 9.72. The van der Waals surface area contributed by atoms with Gasteiger partial charge in [-0.3, -0.25) is 4.79 Å². The van der Waals surface area contributed by atoms with Gasteiger partial charge < -0.3 is 29.3 Å². The molecule has 2 aromatic carbocycles. The summed E-state index contributed by atoms with van der Waals surface area (Å²) in [5.74, 6) is 1.81. The Morgan fingerprint density at radius 3 is 2.78 bits per heavy atom. The van der Waals surface area contributed by atoms with Gasteiger partial charge in [-0.1, -0.05) is 44.2 Å². The predicted octanol–water partition coefficient (Wildman–Crippen LogP) is 4.06. The molecule has 3 atom stereocenters. The fraction of sp³-hybridized carbons (Fsp3) is 0.321. The minimum atomic E-state index is -0.874. The number of fused-ring (bicyclic) bond motifs is 4. The zero-order valence-corrected chi connectivity index (χ0v) is 20.4. The van der Waals surface area contributed by atoms with Crippen molar-refractivity contribution in [1.29, 1.82) is 0 Å². The number of amides is 1. The van der Waals surface area contributed by atoms with Gasteiger partial charge in [0.2, 0.25) is 17.7 Å². The first-order valence-electron chi connectivity index (χ1n) is 12.5. The van der Waals surface area contributed by atoms with Gasteiger partial charge in [0.25, 0.3) is 0 Å². The minimum absolute atomic E-state index is 0.0132. The summed E-state index contributed by atoms with van der Waals surface area (Å²) in [5.41, 5.74) is 3.84. The average molecular weight is 499 g/mol. The molecule has 0 saturated carbocycles. The molecule has 37 heavy (non-hydrogen) atoms. The van der Waals surface area contributed by atoms with Crippen molar-refractivity contribution < 1.29 is 23.5 Å². The zero-order chi connectivity index (χ0) is 25.3. The highest BCUT2D eigenvalue weighted by Crippen LogP contribution is 2.59. The number of para-hydroxylation sites is 1. The second kappa shape index (κ2) is 7.94. The van der Waals surface area contributed by atoms with Gasteiger partial charge in [0.1, 0.15) is 29.2 Å². The summed E-state index contributed by atoms with van der Waals surface area (Å²) in [6.07, 6.45) is 1.86. The molecule has 9 heteroatoms. The van der Waals surface area contributed by atoms with Crippen molar-refractivity contribution in [2.45, 2.75) is 51.0 Å². The first-order valence-corrected chi connectivity index (χ1v) is 12.5. The number of benzene rings is 2. The number of carbonyl (C=O) groups is 1. The second-order valence-corrected chi connectivity index (χ2v) is 10.1. The van der Waals surface area contributed by atoms with Crippen LogP contribution in [-0.2, 0) is 23.2 Å². The van der Waals surface area contributed by atoms with Crippen LogP contribution in [0, 0.1) is 5.92 Å². The quantitative estimate of drug-likeness (QED) is 0.387. The van der Waals surface area contributed by atoms with Crippen molar-refractivity contribution in [1.82, 2.24) is 15.3 Å². The Bertz CT molecular complexity index is 1540. The Morgan fingerprint density at radius 2 is 1.97 bits per heavy atom. The molecule has 2 unspecified atom stereocenters. The normalized spacial score (nSPS) is 23.4. The van der Waals surface area contributed by atoms with Crippen LogP contribution in [0.2, 0.25) is 0 Å². The van der Waals surface area contributed by atoms with Crippen LogP contribution in [0.25, 0.3) is 11.6 Å². The van der Waals surface area contributed by atoms with Gasteiger partial charge in [-0.25, -0.2) is 9.97 Å². The minimum Gasteiger partial charge on any atom is -0.469 e. The van der Waals surface area contributed by atoms with Crippen molar-refractivity contribution in [3.05, 3.63) is 82.8 Å². The first-order chi connectivity index (χ1) is 18.0. The Kier molecular flexibility index (Phi) is 4.75. The SMILES string of the molecule is CC(C)C1NC(=O)CCc2ccc3c(c2)[C@@]2(c4ccccc4NC2O3)c2oc1nc2-c1nc(CO)co1. The van der Waals surface area contributed by atoms with Crippen LogP contribution in [0.4, 0.5) is 5.69 Å². The number of nitrogens with one attached hydrogen (secondary N) is 2. The third-order valence-electron chi connectivity index (χ3n) is 7.55. The van der Waals surface area contributed by atoms with Crippen molar-refractivity contribution >= 4 is 11.6 Å². The molecule has 188 valence electrons. The monoisotopic (exact) mass is 498 g/mol. The van der Waals surface area contributed by atoms with E-state index in [2.05, 4.69) is 27.8 Å². The topological polar surface area (TPSA) is 123 Å². The van der Waals surface area contributed by atoms with Gasteiger partial charge in [0, 0.05) is 17.7 Å². The molecule has 5 heterocycles. The van der Waals surface area contributed by atoms with Crippen LogP contribution >= 0.6 is 0 Å². The van der Waals surface area contributed by atoms with Crippen molar-refractivity contribution in [2.75, 3.05) is 5.32 Å². The van der Waals surface area contributed by atoms with E-state index in [1.165, 1.54) is 6.26 Å². The van der Waals surface area contributed by atoms with Gasteiger partial charge in [0.05, 0.1) is 6.61 Å². The number of ether oxygens (including phenoxy) is 1. The molecule has 7 rings (SSSR count). The van der Waals surface area contributed by atoms with E-state index < -0.39 is 17.7 Å². The Balaban J connectivity index is 1.58. The molecule has 4 aromatic rings. The maximum atomic E-state index is 12.9. The predicted molar refractivity (Wildman–Crippen MR) is 133 cm³/mol. The maximum absolute atomic E-state index is 12.9. The van der Waals surface area contributed by atoms with Crippen LogP contribution in [-0.4, -0.2) is 27.2 Å². The highest BCUT2D eigenvalue weighted by atomic mass is 16.5.